The predicted octanol–water partition coefficient (Wildman–Crippen LogP) is 4.12. The van der Waals surface area contributed by atoms with Crippen LogP contribution in [0.1, 0.15) is 43.5 Å². The van der Waals surface area contributed by atoms with Crippen molar-refractivity contribution in [2.75, 3.05) is 19.0 Å². The summed E-state index contributed by atoms with van der Waals surface area (Å²) in [6, 6.07) is 14.4. The fraction of sp³-hybridized carbons (Fsp3) is 0.391. The predicted molar refractivity (Wildman–Crippen MR) is 113 cm³/mol. The highest BCUT2D eigenvalue weighted by molar-refractivity contribution is 6.04. The Morgan fingerprint density at radius 2 is 1.72 bits per heavy atom. The quantitative estimate of drug-likeness (QED) is 0.798. The molecule has 6 heteroatoms. The van der Waals surface area contributed by atoms with E-state index in [0.29, 0.717) is 22.7 Å². The van der Waals surface area contributed by atoms with Gasteiger partial charge < -0.3 is 19.7 Å². The molecule has 1 aliphatic rings. The van der Waals surface area contributed by atoms with E-state index >= 15 is 0 Å². The molecule has 0 aliphatic carbocycles. The number of carbonyl (C=O) groups is 2. The van der Waals surface area contributed by atoms with Crippen molar-refractivity contribution >= 4 is 17.5 Å². The van der Waals surface area contributed by atoms with Gasteiger partial charge in [-0.05, 0) is 69.5 Å². The third-order valence-corrected chi connectivity index (χ3v) is 5.29. The highest BCUT2D eigenvalue weighted by atomic mass is 16.5. The lowest BCUT2D eigenvalue weighted by Gasteiger charge is -2.38. The second-order valence-electron chi connectivity index (χ2n) is 7.43. The van der Waals surface area contributed by atoms with Crippen LogP contribution in [0.4, 0.5) is 5.69 Å². The summed E-state index contributed by atoms with van der Waals surface area (Å²) in [5, 5.41) is 2.83. The van der Waals surface area contributed by atoms with Crippen molar-refractivity contribution in [1.82, 2.24) is 4.90 Å². The highest BCUT2D eigenvalue weighted by Crippen LogP contribution is 2.23. The molecule has 6 nitrogen and oxygen atoms in total. The molecule has 2 unspecified atom stereocenters. The van der Waals surface area contributed by atoms with E-state index in [-0.39, 0.29) is 30.5 Å². The first-order valence-corrected chi connectivity index (χ1v) is 9.97. The molecule has 1 fully saturated rings. The molecule has 1 saturated heterocycles. The molecular formula is C23H28N2O4. The molecule has 0 radical (unpaired) electrons. The number of amides is 2. The Kier molecular flexibility index (Phi) is 6.75. The van der Waals surface area contributed by atoms with E-state index in [1.807, 2.05) is 17.0 Å². The van der Waals surface area contributed by atoms with Gasteiger partial charge >= 0.3 is 0 Å². The summed E-state index contributed by atoms with van der Waals surface area (Å²) in [5.41, 5.74) is 1.16. The van der Waals surface area contributed by atoms with Gasteiger partial charge in [0.1, 0.15) is 11.5 Å². The molecule has 0 aromatic heterocycles. The minimum absolute atomic E-state index is 0.00400. The van der Waals surface area contributed by atoms with Crippen molar-refractivity contribution in [3.05, 3.63) is 54.1 Å². The molecule has 2 atom stereocenters. The topological polar surface area (TPSA) is 67.9 Å². The lowest BCUT2D eigenvalue weighted by atomic mass is 9.97. The van der Waals surface area contributed by atoms with Crippen LogP contribution in [0.25, 0.3) is 0 Å². The fourth-order valence-electron chi connectivity index (χ4n) is 3.74. The highest BCUT2D eigenvalue weighted by Gasteiger charge is 2.28. The van der Waals surface area contributed by atoms with Gasteiger partial charge in [-0.3, -0.25) is 9.59 Å². The number of carbonyl (C=O) groups excluding carboxylic acids is 2. The van der Waals surface area contributed by atoms with E-state index in [1.165, 1.54) is 0 Å². The van der Waals surface area contributed by atoms with Crippen molar-refractivity contribution in [3.8, 4) is 11.5 Å². The van der Waals surface area contributed by atoms with Crippen molar-refractivity contribution in [2.24, 2.45) is 0 Å². The van der Waals surface area contributed by atoms with Crippen LogP contribution in [0.15, 0.2) is 48.5 Å². The van der Waals surface area contributed by atoms with Gasteiger partial charge in [-0.1, -0.05) is 6.07 Å². The summed E-state index contributed by atoms with van der Waals surface area (Å²) >= 11 is 0. The molecule has 0 saturated carbocycles. The lowest BCUT2D eigenvalue weighted by Crippen LogP contribution is -2.49. The Balaban J connectivity index is 1.55. The van der Waals surface area contributed by atoms with E-state index in [9.17, 15) is 9.59 Å². The van der Waals surface area contributed by atoms with E-state index in [0.717, 1.165) is 19.3 Å². The number of rotatable bonds is 6. The Labute approximate surface area is 171 Å². The third-order valence-electron chi connectivity index (χ3n) is 5.29. The molecule has 3 rings (SSSR count). The van der Waals surface area contributed by atoms with Gasteiger partial charge in [0, 0.05) is 29.4 Å². The maximum Gasteiger partial charge on any atom is 0.260 e. The normalized spacial score (nSPS) is 18.8. The molecule has 2 aromatic rings. The number of ether oxygens (including phenoxy) is 2. The van der Waals surface area contributed by atoms with Gasteiger partial charge in [0.25, 0.3) is 11.8 Å². The SMILES string of the molecule is COc1cccc(NC(=O)c2ccc(OCC(=O)N3C(C)CCCC3C)cc2)c1. The number of piperidine rings is 1. The average Bonchev–Trinajstić information content (AvgIpc) is 2.72. The van der Waals surface area contributed by atoms with Gasteiger partial charge in [0.05, 0.1) is 7.11 Å². The van der Waals surface area contributed by atoms with Crippen LogP contribution in [0.2, 0.25) is 0 Å². The largest absolute Gasteiger partial charge is 0.497 e. The summed E-state index contributed by atoms with van der Waals surface area (Å²) in [6.07, 6.45) is 3.23. The number of nitrogens with zero attached hydrogens (tertiary/aromatic N) is 1. The Hall–Kier alpha value is -3.02. The zero-order valence-electron chi connectivity index (χ0n) is 17.2. The smallest absolute Gasteiger partial charge is 0.260 e. The van der Waals surface area contributed by atoms with Crippen LogP contribution < -0.4 is 14.8 Å². The monoisotopic (exact) mass is 396 g/mol. The van der Waals surface area contributed by atoms with Crippen LogP contribution in [-0.4, -0.2) is 42.5 Å². The standard InChI is InChI=1S/C23H28N2O4/c1-16-6-4-7-17(2)25(16)22(26)15-29-20-12-10-18(11-13-20)23(27)24-19-8-5-9-21(14-19)28-3/h5,8-14,16-17H,4,6-7,15H2,1-3H3,(H,24,27). The van der Waals surface area contributed by atoms with E-state index in [1.54, 1.807) is 43.5 Å². The molecule has 1 heterocycles. The summed E-state index contributed by atoms with van der Waals surface area (Å²) < 4.78 is 10.8. The van der Waals surface area contributed by atoms with E-state index in [4.69, 9.17) is 9.47 Å². The molecule has 1 N–H and O–H groups in total. The maximum atomic E-state index is 12.5. The molecule has 2 amide bonds. The summed E-state index contributed by atoms with van der Waals surface area (Å²) in [7, 11) is 1.58. The van der Waals surface area contributed by atoms with Crippen LogP contribution in [-0.2, 0) is 4.79 Å². The minimum Gasteiger partial charge on any atom is -0.497 e. The second-order valence-corrected chi connectivity index (χ2v) is 7.43. The molecule has 1 aliphatic heterocycles. The number of hydrogen-bond donors (Lipinski definition) is 1. The summed E-state index contributed by atoms with van der Waals surface area (Å²) in [6.45, 7) is 4.18. The van der Waals surface area contributed by atoms with E-state index in [2.05, 4.69) is 19.2 Å². The second kappa shape index (κ2) is 9.45. The van der Waals surface area contributed by atoms with Gasteiger partial charge in [-0.25, -0.2) is 0 Å². The minimum atomic E-state index is -0.225. The van der Waals surface area contributed by atoms with Crippen LogP contribution in [0, 0.1) is 0 Å². The first kappa shape index (κ1) is 20.7. The fourth-order valence-corrected chi connectivity index (χ4v) is 3.74. The van der Waals surface area contributed by atoms with Gasteiger partial charge in [-0.15, -0.1) is 0 Å². The molecule has 2 aromatic carbocycles. The lowest BCUT2D eigenvalue weighted by molar-refractivity contribution is -0.139. The molecule has 29 heavy (non-hydrogen) atoms. The van der Waals surface area contributed by atoms with Crippen molar-refractivity contribution in [2.45, 2.75) is 45.2 Å². The number of likely N-dealkylation sites (tertiary alicyclic amines) is 1. The first-order valence-electron chi connectivity index (χ1n) is 9.97. The summed E-state index contributed by atoms with van der Waals surface area (Å²) in [5.74, 6) is 1.02. The Morgan fingerprint density at radius 3 is 2.38 bits per heavy atom. The van der Waals surface area contributed by atoms with E-state index < -0.39 is 0 Å². The summed E-state index contributed by atoms with van der Waals surface area (Å²) in [4.78, 5) is 26.9. The number of methoxy groups -OCH3 is 1. The molecule has 0 bridgehead atoms. The number of hydrogen-bond acceptors (Lipinski definition) is 4. The van der Waals surface area contributed by atoms with Crippen LogP contribution >= 0.6 is 0 Å². The Morgan fingerprint density at radius 1 is 1.03 bits per heavy atom. The number of anilines is 1. The first-order chi connectivity index (χ1) is 14.0. The maximum absolute atomic E-state index is 12.5. The third kappa shape index (κ3) is 5.28. The van der Waals surface area contributed by atoms with Crippen LogP contribution in [0.3, 0.4) is 0 Å². The van der Waals surface area contributed by atoms with Crippen molar-refractivity contribution < 1.29 is 19.1 Å². The number of nitrogens with one attached hydrogen (secondary N) is 1. The zero-order valence-corrected chi connectivity index (χ0v) is 17.2. The van der Waals surface area contributed by atoms with Gasteiger partial charge in [0.15, 0.2) is 6.61 Å². The molecular weight excluding hydrogens is 368 g/mol. The average molecular weight is 396 g/mol. The number of benzene rings is 2. The van der Waals surface area contributed by atoms with Gasteiger partial charge in [0.2, 0.25) is 0 Å². The Bertz CT molecular complexity index is 840. The van der Waals surface area contributed by atoms with Crippen molar-refractivity contribution in [3.63, 3.8) is 0 Å². The van der Waals surface area contributed by atoms with Crippen molar-refractivity contribution in [1.29, 1.82) is 0 Å². The molecule has 0 spiro atoms. The van der Waals surface area contributed by atoms with Gasteiger partial charge in [-0.2, -0.15) is 0 Å². The van der Waals surface area contributed by atoms with Crippen LogP contribution in [0.5, 0.6) is 11.5 Å². The zero-order chi connectivity index (χ0) is 20.8. The molecule has 154 valence electrons.